The Labute approximate surface area is 195 Å². The van der Waals surface area contributed by atoms with Gasteiger partial charge < -0.3 is 15.2 Å². The molecular weight excluding hydrogens is 440 g/mol. The molecule has 168 valence electrons. The predicted octanol–water partition coefficient (Wildman–Crippen LogP) is 4.20. The highest BCUT2D eigenvalue weighted by molar-refractivity contribution is 7.71. The standard InChI is InChI=1S/C23H22N6O3S/c1-2-32-19-8-6-15(7-9-19)22-27-28-23(33)29(22)11-10-20(31)26-17-13-24-21(25-14-17)16-4-3-5-18(30)12-16/h3-9,12-14,30H,2,10-11H2,1H3,(H,26,31)(H,28,33). The van der Waals surface area contributed by atoms with Gasteiger partial charge in [-0.25, -0.2) is 9.97 Å². The number of hydrogen-bond donors (Lipinski definition) is 3. The number of nitrogens with zero attached hydrogens (tertiary/aromatic N) is 4. The maximum absolute atomic E-state index is 12.5. The third-order valence-electron chi connectivity index (χ3n) is 4.78. The Morgan fingerprint density at radius 1 is 1.15 bits per heavy atom. The molecule has 0 bridgehead atoms. The lowest BCUT2D eigenvalue weighted by molar-refractivity contribution is -0.116. The molecule has 0 atom stereocenters. The molecule has 0 fully saturated rings. The van der Waals surface area contributed by atoms with E-state index in [4.69, 9.17) is 17.0 Å². The van der Waals surface area contributed by atoms with E-state index in [0.717, 1.165) is 11.3 Å². The summed E-state index contributed by atoms with van der Waals surface area (Å²) in [7, 11) is 0. The van der Waals surface area contributed by atoms with E-state index in [9.17, 15) is 9.90 Å². The molecule has 0 unspecified atom stereocenters. The molecule has 2 aromatic heterocycles. The van der Waals surface area contributed by atoms with Gasteiger partial charge >= 0.3 is 0 Å². The van der Waals surface area contributed by atoms with Crippen molar-refractivity contribution in [1.29, 1.82) is 0 Å². The van der Waals surface area contributed by atoms with Gasteiger partial charge in [-0.1, -0.05) is 12.1 Å². The van der Waals surface area contributed by atoms with E-state index < -0.39 is 0 Å². The Hall–Kier alpha value is -4.05. The first-order valence-electron chi connectivity index (χ1n) is 10.3. The van der Waals surface area contributed by atoms with Crippen LogP contribution >= 0.6 is 12.2 Å². The van der Waals surface area contributed by atoms with E-state index in [-0.39, 0.29) is 18.1 Å². The van der Waals surface area contributed by atoms with Gasteiger partial charge in [0.25, 0.3) is 0 Å². The zero-order valence-electron chi connectivity index (χ0n) is 17.9. The average Bonchev–Trinajstić information content (AvgIpc) is 3.19. The second kappa shape index (κ2) is 10.0. The molecule has 0 aliphatic rings. The number of benzene rings is 2. The monoisotopic (exact) mass is 462 g/mol. The van der Waals surface area contributed by atoms with Gasteiger partial charge in [-0.2, -0.15) is 5.10 Å². The van der Waals surface area contributed by atoms with Crippen molar-refractivity contribution in [3.05, 3.63) is 65.7 Å². The van der Waals surface area contributed by atoms with Crippen LogP contribution in [-0.2, 0) is 11.3 Å². The molecule has 0 aliphatic carbocycles. The topological polar surface area (TPSA) is 118 Å². The van der Waals surface area contributed by atoms with Gasteiger partial charge in [-0.15, -0.1) is 0 Å². The highest BCUT2D eigenvalue weighted by Gasteiger charge is 2.12. The van der Waals surface area contributed by atoms with Gasteiger partial charge in [0, 0.05) is 24.1 Å². The number of hydrogen-bond acceptors (Lipinski definition) is 7. The number of carbonyl (C=O) groups is 1. The van der Waals surface area contributed by atoms with Crippen molar-refractivity contribution < 1.29 is 14.6 Å². The Bertz CT molecular complexity index is 1300. The second-order valence-electron chi connectivity index (χ2n) is 7.11. The van der Waals surface area contributed by atoms with Gasteiger partial charge in [0.05, 0.1) is 24.7 Å². The maximum atomic E-state index is 12.5. The summed E-state index contributed by atoms with van der Waals surface area (Å²) in [6, 6.07) is 14.2. The largest absolute Gasteiger partial charge is 0.508 e. The van der Waals surface area contributed by atoms with E-state index in [1.54, 1.807) is 28.8 Å². The zero-order valence-corrected chi connectivity index (χ0v) is 18.7. The van der Waals surface area contributed by atoms with Crippen LogP contribution in [0.25, 0.3) is 22.8 Å². The highest BCUT2D eigenvalue weighted by atomic mass is 32.1. The number of carbonyl (C=O) groups excluding carboxylic acids is 1. The highest BCUT2D eigenvalue weighted by Crippen LogP contribution is 2.22. The van der Waals surface area contributed by atoms with E-state index in [2.05, 4.69) is 25.5 Å². The first-order chi connectivity index (χ1) is 16.0. The van der Waals surface area contributed by atoms with Crippen LogP contribution < -0.4 is 10.1 Å². The summed E-state index contributed by atoms with van der Waals surface area (Å²) in [4.78, 5) is 21.0. The number of rotatable bonds is 8. The molecule has 9 nitrogen and oxygen atoms in total. The predicted molar refractivity (Wildman–Crippen MR) is 126 cm³/mol. The summed E-state index contributed by atoms with van der Waals surface area (Å²) in [5.74, 6) is 1.81. The van der Waals surface area contributed by atoms with Crippen molar-refractivity contribution in [2.75, 3.05) is 11.9 Å². The van der Waals surface area contributed by atoms with Crippen LogP contribution in [0.1, 0.15) is 13.3 Å². The van der Waals surface area contributed by atoms with Crippen LogP contribution in [-0.4, -0.2) is 42.4 Å². The Kier molecular flexibility index (Phi) is 6.75. The first kappa shape index (κ1) is 22.2. The number of aromatic amines is 1. The molecule has 0 spiro atoms. The third kappa shape index (κ3) is 5.42. The van der Waals surface area contributed by atoms with Crippen molar-refractivity contribution in [2.45, 2.75) is 19.9 Å². The Morgan fingerprint density at radius 2 is 1.91 bits per heavy atom. The molecule has 2 heterocycles. The minimum atomic E-state index is -0.204. The molecule has 0 aliphatic heterocycles. The van der Waals surface area contributed by atoms with Crippen molar-refractivity contribution in [2.24, 2.45) is 0 Å². The molecule has 0 saturated carbocycles. The number of phenols is 1. The van der Waals surface area contributed by atoms with Gasteiger partial charge in [0.1, 0.15) is 11.5 Å². The summed E-state index contributed by atoms with van der Waals surface area (Å²) in [5.41, 5.74) is 2.03. The fraction of sp³-hybridized carbons (Fsp3) is 0.174. The molecule has 0 radical (unpaired) electrons. The summed E-state index contributed by atoms with van der Waals surface area (Å²) in [6.07, 6.45) is 3.24. The van der Waals surface area contributed by atoms with Crippen LogP contribution in [0, 0.1) is 4.77 Å². The van der Waals surface area contributed by atoms with Gasteiger partial charge in [-0.05, 0) is 55.5 Å². The summed E-state index contributed by atoms with van der Waals surface area (Å²) >= 11 is 5.34. The normalized spacial score (nSPS) is 10.7. The maximum Gasteiger partial charge on any atom is 0.226 e. The lowest BCUT2D eigenvalue weighted by Gasteiger charge is -2.09. The molecule has 4 aromatic rings. The number of H-pyrrole nitrogens is 1. The van der Waals surface area contributed by atoms with E-state index in [1.807, 2.05) is 31.2 Å². The number of phenolic OH excluding ortho intramolecular Hbond substituents is 1. The van der Waals surface area contributed by atoms with E-state index in [1.165, 1.54) is 12.4 Å². The van der Waals surface area contributed by atoms with Crippen molar-refractivity contribution in [1.82, 2.24) is 24.7 Å². The fourth-order valence-corrected chi connectivity index (χ4v) is 3.46. The molecule has 10 heteroatoms. The zero-order chi connectivity index (χ0) is 23.2. The molecule has 1 amide bonds. The van der Waals surface area contributed by atoms with Crippen LogP contribution in [0.5, 0.6) is 11.5 Å². The SMILES string of the molecule is CCOc1ccc(-c2n[nH]c(=S)n2CCC(=O)Nc2cnc(-c3cccc(O)c3)nc2)cc1. The van der Waals surface area contributed by atoms with Gasteiger partial charge in [0.2, 0.25) is 5.91 Å². The average molecular weight is 463 g/mol. The van der Waals surface area contributed by atoms with Crippen LogP contribution in [0.3, 0.4) is 0 Å². The number of ether oxygens (including phenoxy) is 1. The second-order valence-corrected chi connectivity index (χ2v) is 7.49. The summed E-state index contributed by atoms with van der Waals surface area (Å²) in [6.45, 7) is 2.88. The van der Waals surface area contributed by atoms with Gasteiger partial charge in [0.15, 0.2) is 16.4 Å². The quantitative estimate of drug-likeness (QED) is 0.336. The van der Waals surface area contributed by atoms with Crippen LogP contribution in [0.4, 0.5) is 5.69 Å². The smallest absolute Gasteiger partial charge is 0.226 e. The lowest BCUT2D eigenvalue weighted by atomic mass is 10.2. The number of amides is 1. The molecular formula is C23H22N6O3S. The summed E-state index contributed by atoms with van der Waals surface area (Å²) < 4.78 is 7.69. The molecule has 3 N–H and O–H groups in total. The first-order valence-corrected chi connectivity index (χ1v) is 10.7. The number of aromatic nitrogens is 5. The number of anilines is 1. The molecule has 0 saturated heterocycles. The Morgan fingerprint density at radius 3 is 2.61 bits per heavy atom. The minimum Gasteiger partial charge on any atom is -0.508 e. The minimum absolute atomic E-state index is 0.135. The van der Waals surface area contributed by atoms with Gasteiger partial charge in [-0.3, -0.25) is 14.5 Å². The third-order valence-corrected chi connectivity index (χ3v) is 5.10. The molecule has 33 heavy (non-hydrogen) atoms. The summed E-state index contributed by atoms with van der Waals surface area (Å²) in [5, 5.41) is 19.5. The van der Waals surface area contributed by atoms with Crippen LogP contribution in [0.15, 0.2) is 60.9 Å². The number of nitrogens with one attached hydrogen (secondary N) is 2. The van der Waals surface area contributed by atoms with E-state index in [0.29, 0.717) is 40.8 Å². The number of aromatic hydroxyl groups is 1. The Balaban J connectivity index is 1.39. The lowest BCUT2D eigenvalue weighted by Crippen LogP contribution is -2.15. The van der Waals surface area contributed by atoms with E-state index >= 15 is 0 Å². The molecule has 4 rings (SSSR count). The van der Waals surface area contributed by atoms with Crippen molar-refractivity contribution >= 4 is 23.8 Å². The fourth-order valence-electron chi connectivity index (χ4n) is 3.24. The van der Waals surface area contributed by atoms with Crippen molar-refractivity contribution in [3.63, 3.8) is 0 Å². The van der Waals surface area contributed by atoms with Crippen LogP contribution in [0.2, 0.25) is 0 Å². The van der Waals surface area contributed by atoms with Crippen molar-refractivity contribution in [3.8, 4) is 34.3 Å². The molecule has 2 aromatic carbocycles.